The summed E-state index contributed by atoms with van der Waals surface area (Å²) in [6.07, 6.45) is 0.956. The summed E-state index contributed by atoms with van der Waals surface area (Å²) in [7, 11) is 1.41. The Morgan fingerprint density at radius 2 is 2.04 bits per heavy atom. The minimum atomic E-state index is -0.563. The predicted octanol–water partition coefficient (Wildman–Crippen LogP) is 1.30. The molecular formula is C19H27N3O4. The lowest BCUT2D eigenvalue weighted by Crippen LogP contribution is -2.57. The molecule has 1 aromatic rings. The van der Waals surface area contributed by atoms with Gasteiger partial charge in [-0.15, -0.1) is 0 Å². The van der Waals surface area contributed by atoms with E-state index in [1.807, 2.05) is 13.0 Å². The fourth-order valence-electron chi connectivity index (χ4n) is 4.97. The molecule has 7 heteroatoms. The number of likely N-dealkylation sites (tertiary alicyclic amines) is 1. The second kappa shape index (κ2) is 6.21. The van der Waals surface area contributed by atoms with Crippen molar-refractivity contribution in [2.75, 3.05) is 20.2 Å². The third-order valence-electron chi connectivity index (χ3n) is 6.10. The lowest BCUT2D eigenvalue weighted by atomic mass is 9.48. The maximum atomic E-state index is 12.7. The number of ether oxygens (including phenoxy) is 1. The summed E-state index contributed by atoms with van der Waals surface area (Å²) in [4.78, 5) is 42.8. The standard InChI is InChI=1S/C19H27N3O4/c1-12-8-13(2)22(17(25)20-12)7-6-15(23)21-9-14-18(3,4)10-19(14,11-21)16(24)26-5/h8,14H,6-7,9-11H2,1-5H3/t14-,19+/m1/s1. The second-order valence-electron chi connectivity index (χ2n) is 8.36. The molecule has 0 aromatic carbocycles. The summed E-state index contributed by atoms with van der Waals surface area (Å²) in [6.45, 7) is 9.16. The Bertz CT molecular complexity index is 813. The van der Waals surface area contributed by atoms with Crippen LogP contribution in [0.2, 0.25) is 0 Å². The largest absolute Gasteiger partial charge is 0.469 e. The second-order valence-corrected chi connectivity index (χ2v) is 8.36. The van der Waals surface area contributed by atoms with Crippen LogP contribution in [0.15, 0.2) is 10.9 Å². The van der Waals surface area contributed by atoms with Gasteiger partial charge in [-0.05, 0) is 37.7 Å². The molecule has 0 radical (unpaired) electrons. The molecule has 1 aromatic heterocycles. The van der Waals surface area contributed by atoms with Crippen LogP contribution >= 0.6 is 0 Å². The lowest BCUT2D eigenvalue weighted by molar-refractivity contribution is -0.174. The van der Waals surface area contributed by atoms with Crippen molar-refractivity contribution in [3.63, 3.8) is 0 Å². The Kier molecular flexibility index (Phi) is 4.45. The van der Waals surface area contributed by atoms with Gasteiger partial charge < -0.3 is 9.64 Å². The van der Waals surface area contributed by atoms with Crippen LogP contribution in [0.25, 0.3) is 0 Å². The van der Waals surface area contributed by atoms with E-state index in [4.69, 9.17) is 4.74 Å². The third kappa shape index (κ3) is 2.83. The molecule has 1 aliphatic carbocycles. The zero-order valence-electron chi connectivity index (χ0n) is 16.2. The number of aryl methyl sites for hydroxylation is 2. The summed E-state index contributed by atoms with van der Waals surface area (Å²) in [5, 5.41) is 0. The van der Waals surface area contributed by atoms with Crippen LogP contribution in [-0.4, -0.2) is 46.5 Å². The van der Waals surface area contributed by atoms with Crippen LogP contribution < -0.4 is 5.69 Å². The van der Waals surface area contributed by atoms with Crippen LogP contribution in [0.5, 0.6) is 0 Å². The van der Waals surface area contributed by atoms with E-state index in [9.17, 15) is 14.4 Å². The van der Waals surface area contributed by atoms with E-state index in [2.05, 4.69) is 18.8 Å². The molecule has 3 rings (SSSR count). The van der Waals surface area contributed by atoms with Crippen LogP contribution in [-0.2, 0) is 20.9 Å². The molecule has 0 N–H and O–H groups in total. The molecule has 2 heterocycles. The Balaban J connectivity index is 1.70. The van der Waals surface area contributed by atoms with Crippen molar-refractivity contribution in [1.82, 2.24) is 14.5 Å². The SMILES string of the molecule is COC(=O)[C@@]12CN(C(=O)CCn3c(C)cc(C)nc3=O)C[C@@H]1C(C)(C)C2. The van der Waals surface area contributed by atoms with Crippen molar-refractivity contribution in [3.8, 4) is 0 Å². The van der Waals surface area contributed by atoms with Gasteiger partial charge in [-0.2, -0.15) is 4.98 Å². The maximum Gasteiger partial charge on any atom is 0.347 e. The van der Waals surface area contributed by atoms with Crippen molar-refractivity contribution in [3.05, 3.63) is 27.9 Å². The van der Waals surface area contributed by atoms with Crippen molar-refractivity contribution >= 4 is 11.9 Å². The van der Waals surface area contributed by atoms with Gasteiger partial charge in [0.2, 0.25) is 5.91 Å². The highest BCUT2D eigenvalue weighted by Crippen LogP contribution is 2.63. The van der Waals surface area contributed by atoms with E-state index in [1.54, 1.807) is 11.8 Å². The Hall–Kier alpha value is -2.18. The van der Waals surface area contributed by atoms with Crippen LogP contribution in [0.1, 0.15) is 38.1 Å². The molecule has 0 unspecified atom stereocenters. The number of hydrogen-bond donors (Lipinski definition) is 0. The number of rotatable bonds is 4. The smallest absolute Gasteiger partial charge is 0.347 e. The summed E-state index contributed by atoms with van der Waals surface area (Å²) in [5.41, 5.74) is 0.602. The van der Waals surface area contributed by atoms with E-state index >= 15 is 0 Å². The highest BCUT2D eigenvalue weighted by atomic mass is 16.5. The topological polar surface area (TPSA) is 81.5 Å². The van der Waals surface area contributed by atoms with Gasteiger partial charge in [0.25, 0.3) is 0 Å². The number of hydrogen-bond acceptors (Lipinski definition) is 5. The van der Waals surface area contributed by atoms with Gasteiger partial charge in [0.05, 0.1) is 12.5 Å². The number of esters is 1. The fraction of sp³-hybridized carbons (Fsp3) is 0.684. The molecule has 0 bridgehead atoms. The highest BCUT2D eigenvalue weighted by Gasteiger charge is 2.67. The highest BCUT2D eigenvalue weighted by molar-refractivity contribution is 5.83. The van der Waals surface area contributed by atoms with Gasteiger partial charge in [0, 0.05) is 37.4 Å². The zero-order chi connectivity index (χ0) is 19.3. The number of carbonyl (C=O) groups is 2. The molecule has 142 valence electrons. The Morgan fingerprint density at radius 3 is 2.62 bits per heavy atom. The van der Waals surface area contributed by atoms with E-state index in [0.29, 0.717) is 25.3 Å². The zero-order valence-corrected chi connectivity index (χ0v) is 16.2. The van der Waals surface area contributed by atoms with Crippen molar-refractivity contribution in [2.45, 2.75) is 47.1 Å². The normalized spacial score (nSPS) is 26.2. The number of methoxy groups -OCH3 is 1. The third-order valence-corrected chi connectivity index (χ3v) is 6.10. The Morgan fingerprint density at radius 1 is 1.35 bits per heavy atom. The molecule has 2 atom stereocenters. The molecule has 26 heavy (non-hydrogen) atoms. The van der Waals surface area contributed by atoms with Gasteiger partial charge in [0.15, 0.2) is 0 Å². The first-order chi connectivity index (χ1) is 12.1. The monoisotopic (exact) mass is 361 g/mol. The van der Waals surface area contributed by atoms with E-state index < -0.39 is 5.41 Å². The quantitative estimate of drug-likeness (QED) is 0.755. The molecule has 7 nitrogen and oxygen atoms in total. The summed E-state index contributed by atoms with van der Waals surface area (Å²) < 4.78 is 6.54. The molecular weight excluding hydrogens is 334 g/mol. The summed E-state index contributed by atoms with van der Waals surface area (Å²) in [5.74, 6) is -0.130. The number of aromatic nitrogens is 2. The molecule has 0 spiro atoms. The molecule has 2 fully saturated rings. The minimum Gasteiger partial charge on any atom is -0.469 e. The van der Waals surface area contributed by atoms with E-state index in [-0.39, 0.29) is 35.3 Å². The van der Waals surface area contributed by atoms with Crippen LogP contribution in [0, 0.1) is 30.6 Å². The predicted molar refractivity (Wildman–Crippen MR) is 95.5 cm³/mol. The lowest BCUT2D eigenvalue weighted by Gasteiger charge is -2.54. The molecule has 1 saturated heterocycles. The maximum absolute atomic E-state index is 12.7. The van der Waals surface area contributed by atoms with Gasteiger partial charge >= 0.3 is 11.7 Å². The number of fused-ring (bicyclic) bond motifs is 1. The number of carbonyl (C=O) groups excluding carboxylic acids is 2. The molecule has 1 amide bonds. The van der Waals surface area contributed by atoms with Crippen LogP contribution in [0.4, 0.5) is 0 Å². The van der Waals surface area contributed by atoms with E-state index in [0.717, 1.165) is 12.1 Å². The van der Waals surface area contributed by atoms with Gasteiger partial charge in [-0.1, -0.05) is 13.8 Å². The minimum absolute atomic E-state index is 0.0254. The average Bonchev–Trinajstić information content (AvgIpc) is 2.89. The van der Waals surface area contributed by atoms with Crippen molar-refractivity contribution in [2.24, 2.45) is 16.7 Å². The van der Waals surface area contributed by atoms with Crippen LogP contribution in [0.3, 0.4) is 0 Å². The average molecular weight is 361 g/mol. The first-order valence-electron chi connectivity index (χ1n) is 9.02. The summed E-state index contributed by atoms with van der Waals surface area (Å²) in [6, 6.07) is 1.83. The molecule has 1 aliphatic heterocycles. The van der Waals surface area contributed by atoms with Crippen molar-refractivity contribution < 1.29 is 14.3 Å². The van der Waals surface area contributed by atoms with Crippen molar-refractivity contribution in [1.29, 1.82) is 0 Å². The van der Waals surface area contributed by atoms with E-state index in [1.165, 1.54) is 11.7 Å². The Labute approximate surface area is 153 Å². The first kappa shape index (κ1) is 18.6. The van der Waals surface area contributed by atoms with Gasteiger partial charge in [-0.3, -0.25) is 14.2 Å². The summed E-state index contributed by atoms with van der Waals surface area (Å²) >= 11 is 0. The molecule has 2 aliphatic rings. The molecule has 1 saturated carbocycles. The van der Waals surface area contributed by atoms with Gasteiger partial charge in [0.1, 0.15) is 0 Å². The number of nitrogens with zero attached hydrogens (tertiary/aromatic N) is 3. The van der Waals surface area contributed by atoms with Gasteiger partial charge in [-0.25, -0.2) is 4.79 Å². The fourth-order valence-corrected chi connectivity index (χ4v) is 4.97. The first-order valence-corrected chi connectivity index (χ1v) is 9.02. The number of amides is 1.